The first-order valence-electron chi connectivity index (χ1n) is 7.32. The summed E-state index contributed by atoms with van der Waals surface area (Å²) < 4.78 is 0. The van der Waals surface area contributed by atoms with Crippen molar-refractivity contribution in [3.8, 4) is 0 Å². The average molecular weight is 326 g/mol. The fourth-order valence-electron chi connectivity index (χ4n) is 2.94. The highest BCUT2D eigenvalue weighted by Gasteiger charge is 2.46. The normalized spacial score (nSPS) is 19.9. The molecular formula is C16H26N2O5. The smallest absolute Gasteiger partial charge is 0.304 e. The number of nitrogens with two attached hydrogens (primary N) is 1. The number of hydrogen-bond donors (Lipinski definition) is 2. The van der Waals surface area contributed by atoms with Gasteiger partial charge in [-0.25, -0.2) is 0 Å². The Morgan fingerprint density at radius 3 is 2.48 bits per heavy atom. The highest BCUT2D eigenvalue weighted by atomic mass is 16.4. The molecule has 7 N–H and O–H groups in total. The summed E-state index contributed by atoms with van der Waals surface area (Å²) in [6.07, 6.45) is 2.17. The van der Waals surface area contributed by atoms with Crippen molar-refractivity contribution >= 4 is 11.9 Å². The molecule has 0 spiro atoms. The maximum absolute atomic E-state index is 12.4. The van der Waals surface area contributed by atoms with Crippen LogP contribution < -0.4 is 5.73 Å². The standard InChI is InChI=1S/C16H22N2O3.2H2O/c17-12-16(11-14(19)20)8-10-18(15(16)21)9-4-7-13-5-2-1-3-6-13;;/h1-3,5-6H,4,7-12,17H2,(H,19,20);2*1H2. The Morgan fingerprint density at radius 2 is 1.91 bits per heavy atom. The van der Waals surface area contributed by atoms with Gasteiger partial charge in [-0.1, -0.05) is 30.3 Å². The van der Waals surface area contributed by atoms with E-state index in [1.54, 1.807) is 4.90 Å². The molecule has 23 heavy (non-hydrogen) atoms. The zero-order valence-electron chi connectivity index (χ0n) is 13.1. The molecule has 0 aromatic heterocycles. The van der Waals surface area contributed by atoms with Crippen molar-refractivity contribution in [1.82, 2.24) is 4.90 Å². The quantitative estimate of drug-likeness (QED) is 0.703. The Balaban J connectivity index is 0.00000242. The van der Waals surface area contributed by atoms with Gasteiger partial charge in [0, 0.05) is 19.6 Å². The molecule has 1 unspecified atom stereocenters. The topological polar surface area (TPSA) is 147 Å². The SMILES string of the molecule is NCC1(CC(=O)O)CCN(CCCc2ccccc2)C1=O.O.O. The third-order valence-corrected chi connectivity index (χ3v) is 4.22. The van der Waals surface area contributed by atoms with Gasteiger partial charge in [0.15, 0.2) is 0 Å². The minimum absolute atomic E-state index is 0. The minimum atomic E-state index is -0.958. The first-order chi connectivity index (χ1) is 10.1. The maximum atomic E-state index is 12.4. The van der Waals surface area contributed by atoms with Crippen molar-refractivity contribution in [1.29, 1.82) is 0 Å². The Hall–Kier alpha value is -1.96. The number of aliphatic carboxylic acids is 1. The van der Waals surface area contributed by atoms with E-state index in [2.05, 4.69) is 12.1 Å². The maximum Gasteiger partial charge on any atom is 0.304 e. The summed E-state index contributed by atoms with van der Waals surface area (Å²) in [5.74, 6) is -1.06. The number of rotatable bonds is 7. The van der Waals surface area contributed by atoms with Crippen molar-refractivity contribution in [2.24, 2.45) is 11.1 Å². The lowest BCUT2D eigenvalue weighted by Crippen LogP contribution is -2.41. The van der Waals surface area contributed by atoms with Crippen LogP contribution in [0.15, 0.2) is 30.3 Å². The lowest BCUT2D eigenvalue weighted by molar-refractivity contribution is -0.146. The zero-order valence-corrected chi connectivity index (χ0v) is 13.1. The molecule has 1 aromatic rings. The van der Waals surface area contributed by atoms with E-state index in [-0.39, 0.29) is 29.8 Å². The van der Waals surface area contributed by atoms with E-state index >= 15 is 0 Å². The number of likely N-dealkylation sites (tertiary alicyclic amines) is 1. The van der Waals surface area contributed by atoms with Crippen molar-refractivity contribution in [3.05, 3.63) is 35.9 Å². The number of benzene rings is 1. The highest BCUT2D eigenvalue weighted by Crippen LogP contribution is 2.34. The largest absolute Gasteiger partial charge is 0.481 e. The van der Waals surface area contributed by atoms with Gasteiger partial charge in [0.1, 0.15) is 0 Å². The number of carboxylic acids is 1. The summed E-state index contributed by atoms with van der Waals surface area (Å²) in [4.78, 5) is 25.1. The van der Waals surface area contributed by atoms with Crippen LogP contribution in [0.2, 0.25) is 0 Å². The Kier molecular flexibility index (Phi) is 8.45. The van der Waals surface area contributed by atoms with Crippen LogP contribution >= 0.6 is 0 Å². The van der Waals surface area contributed by atoms with Crippen LogP contribution in [0.5, 0.6) is 0 Å². The van der Waals surface area contributed by atoms with Crippen LogP contribution in [-0.4, -0.2) is 52.5 Å². The third-order valence-electron chi connectivity index (χ3n) is 4.22. The molecule has 0 bridgehead atoms. The predicted octanol–water partition coefficient (Wildman–Crippen LogP) is -0.378. The Bertz CT molecular complexity index is 508. The van der Waals surface area contributed by atoms with Gasteiger partial charge in [0.05, 0.1) is 11.8 Å². The number of hydrogen-bond acceptors (Lipinski definition) is 3. The van der Waals surface area contributed by atoms with Crippen LogP contribution in [0.3, 0.4) is 0 Å². The van der Waals surface area contributed by atoms with Crippen molar-refractivity contribution in [2.75, 3.05) is 19.6 Å². The molecular weight excluding hydrogens is 300 g/mol. The molecule has 1 fully saturated rings. The van der Waals surface area contributed by atoms with Gasteiger partial charge < -0.3 is 26.7 Å². The van der Waals surface area contributed by atoms with Gasteiger partial charge in [-0.2, -0.15) is 0 Å². The Labute approximate surface area is 135 Å². The van der Waals surface area contributed by atoms with Crippen LogP contribution in [0.4, 0.5) is 0 Å². The summed E-state index contributed by atoms with van der Waals surface area (Å²) in [5, 5.41) is 8.97. The van der Waals surface area contributed by atoms with Crippen LogP contribution in [-0.2, 0) is 16.0 Å². The third kappa shape index (κ3) is 5.02. The van der Waals surface area contributed by atoms with Crippen molar-refractivity contribution < 1.29 is 25.6 Å². The molecule has 0 aliphatic carbocycles. The molecule has 2 rings (SSSR count). The fourth-order valence-corrected chi connectivity index (χ4v) is 2.94. The molecule has 1 atom stereocenters. The molecule has 0 radical (unpaired) electrons. The van der Waals surface area contributed by atoms with Crippen LogP contribution in [0.1, 0.15) is 24.8 Å². The first kappa shape index (κ1) is 21.0. The molecule has 130 valence electrons. The summed E-state index contributed by atoms with van der Waals surface area (Å²) in [7, 11) is 0. The second kappa shape index (κ2) is 9.24. The molecule has 1 saturated heterocycles. The van der Waals surface area contributed by atoms with E-state index in [1.807, 2.05) is 18.2 Å². The van der Waals surface area contributed by atoms with E-state index in [4.69, 9.17) is 10.8 Å². The summed E-state index contributed by atoms with van der Waals surface area (Å²) in [5.41, 5.74) is 6.04. The van der Waals surface area contributed by atoms with Crippen molar-refractivity contribution in [2.45, 2.75) is 25.7 Å². The highest BCUT2D eigenvalue weighted by molar-refractivity contribution is 5.89. The van der Waals surface area contributed by atoms with E-state index < -0.39 is 11.4 Å². The molecule has 1 aliphatic rings. The van der Waals surface area contributed by atoms with E-state index in [9.17, 15) is 9.59 Å². The van der Waals surface area contributed by atoms with Gasteiger partial charge in [0.25, 0.3) is 0 Å². The predicted molar refractivity (Wildman–Crippen MR) is 86.9 cm³/mol. The van der Waals surface area contributed by atoms with Crippen LogP contribution in [0.25, 0.3) is 0 Å². The number of carbonyl (C=O) groups excluding carboxylic acids is 1. The number of amides is 1. The monoisotopic (exact) mass is 326 g/mol. The van der Waals surface area contributed by atoms with Crippen molar-refractivity contribution in [3.63, 3.8) is 0 Å². The average Bonchev–Trinajstić information content (AvgIpc) is 2.78. The fraction of sp³-hybridized carbons (Fsp3) is 0.500. The number of carbonyl (C=O) groups is 2. The molecule has 1 heterocycles. The second-order valence-corrected chi connectivity index (χ2v) is 5.69. The minimum Gasteiger partial charge on any atom is -0.481 e. The molecule has 7 nitrogen and oxygen atoms in total. The van der Waals surface area contributed by atoms with E-state index in [0.29, 0.717) is 19.5 Å². The summed E-state index contributed by atoms with van der Waals surface area (Å²) in [6.45, 7) is 1.38. The van der Waals surface area contributed by atoms with Gasteiger partial charge in [-0.3, -0.25) is 9.59 Å². The summed E-state index contributed by atoms with van der Waals surface area (Å²) in [6, 6.07) is 10.1. The lowest BCUT2D eigenvalue weighted by Gasteiger charge is -2.24. The number of nitrogens with zero attached hydrogens (tertiary/aromatic N) is 1. The van der Waals surface area contributed by atoms with E-state index in [1.165, 1.54) is 5.56 Å². The first-order valence-corrected chi connectivity index (χ1v) is 7.32. The molecule has 7 heteroatoms. The van der Waals surface area contributed by atoms with Gasteiger partial charge in [-0.15, -0.1) is 0 Å². The summed E-state index contributed by atoms with van der Waals surface area (Å²) >= 11 is 0. The second-order valence-electron chi connectivity index (χ2n) is 5.69. The van der Waals surface area contributed by atoms with Crippen LogP contribution in [0, 0.1) is 5.41 Å². The van der Waals surface area contributed by atoms with E-state index in [0.717, 1.165) is 12.8 Å². The van der Waals surface area contributed by atoms with Gasteiger partial charge in [0.2, 0.25) is 5.91 Å². The van der Waals surface area contributed by atoms with Gasteiger partial charge >= 0.3 is 5.97 Å². The molecule has 1 amide bonds. The zero-order chi connectivity index (χ0) is 15.3. The molecule has 1 aromatic carbocycles. The number of aryl methyl sites for hydroxylation is 1. The molecule has 0 saturated carbocycles. The lowest BCUT2D eigenvalue weighted by atomic mass is 9.83. The number of carboxylic acid groups (broad SMARTS) is 1. The Morgan fingerprint density at radius 1 is 1.26 bits per heavy atom. The molecule has 1 aliphatic heterocycles. The van der Waals surface area contributed by atoms with Gasteiger partial charge in [-0.05, 0) is 24.8 Å².